The summed E-state index contributed by atoms with van der Waals surface area (Å²) >= 11 is 11.1. The first-order valence-corrected chi connectivity index (χ1v) is 5.52. The topological polar surface area (TPSA) is 47.9 Å². The summed E-state index contributed by atoms with van der Waals surface area (Å²) in [5.74, 6) is -0.0205. The lowest BCUT2D eigenvalue weighted by atomic mass is 10.2. The van der Waals surface area contributed by atoms with Crippen LogP contribution >= 0.6 is 23.2 Å². The Morgan fingerprint density at radius 3 is 2.21 bits per heavy atom. The summed E-state index contributed by atoms with van der Waals surface area (Å²) < 4.78 is 42.2. The molecule has 2 aromatic rings. The summed E-state index contributed by atoms with van der Waals surface area (Å²) in [6, 6.07) is 4.02. The molecule has 0 N–H and O–H groups in total. The highest BCUT2D eigenvalue weighted by Gasteiger charge is 2.30. The Morgan fingerprint density at radius 1 is 1.00 bits per heavy atom. The van der Waals surface area contributed by atoms with Crippen LogP contribution in [0.5, 0.6) is 11.6 Å². The highest BCUT2D eigenvalue weighted by molar-refractivity contribution is 6.31. The lowest BCUT2D eigenvalue weighted by Crippen LogP contribution is -2.04. The molecule has 0 aliphatic rings. The van der Waals surface area contributed by atoms with Crippen LogP contribution in [0.1, 0.15) is 5.56 Å². The van der Waals surface area contributed by atoms with Crippen molar-refractivity contribution < 1.29 is 17.9 Å². The molecule has 4 nitrogen and oxygen atoms in total. The van der Waals surface area contributed by atoms with Crippen molar-refractivity contribution in [3.63, 3.8) is 0 Å². The van der Waals surface area contributed by atoms with E-state index in [1.165, 1.54) is 0 Å². The van der Waals surface area contributed by atoms with Crippen LogP contribution in [0.4, 0.5) is 13.2 Å². The number of halogens is 5. The monoisotopic (exact) mass is 309 g/mol. The van der Waals surface area contributed by atoms with Crippen LogP contribution in [0.2, 0.25) is 10.4 Å². The van der Waals surface area contributed by atoms with Crippen LogP contribution in [0.15, 0.2) is 24.3 Å². The summed E-state index contributed by atoms with van der Waals surface area (Å²) in [4.78, 5) is 3.65. The van der Waals surface area contributed by atoms with Gasteiger partial charge in [0, 0.05) is 0 Å². The lowest BCUT2D eigenvalue weighted by molar-refractivity contribution is -0.137. The maximum absolute atomic E-state index is 12.4. The predicted octanol–water partition coefficient (Wildman–Crippen LogP) is 3.99. The Morgan fingerprint density at radius 2 is 1.63 bits per heavy atom. The van der Waals surface area contributed by atoms with E-state index < -0.39 is 11.7 Å². The van der Waals surface area contributed by atoms with Crippen molar-refractivity contribution in [1.82, 2.24) is 15.2 Å². The molecule has 0 unspecified atom stereocenters. The van der Waals surface area contributed by atoms with Crippen molar-refractivity contribution in [3.05, 3.63) is 40.3 Å². The molecule has 1 aromatic heterocycles. The summed E-state index contributed by atoms with van der Waals surface area (Å²) in [6.45, 7) is 0. The first-order chi connectivity index (χ1) is 8.86. The quantitative estimate of drug-likeness (QED) is 0.841. The van der Waals surface area contributed by atoms with Gasteiger partial charge in [0.05, 0.1) is 5.56 Å². The smallest absolute Gasteiger partial charge is 0.416 e. The third-order valence-corrected chi connectivity index (χ3v) is 2.38. The Hall–Kier alpha value is -1.60. The number of benzene rings is 1. The first-order valence-electron chi connectivity index (χ1n) is 4.77. The van der Waals surface area contributed by atoms with Crippen molar-refractivity contribution in [2.75, 3.05) is 0 Å². The molecule has 9 heteroatoms. The van der Waals surface area contributed by atoms with Crippen molar-refractivity contribution in [2.45, 2.75) is 6.18 Å². The van der Waals surface area contributed by atoms with E-state index in [0.717, 1.165) is 24.3 Å². The number of ether oxygens (including phenoxy) is 1. The number of hydrogen-bond donors (Lipinski definition) is 0. The Balaban J connectivity index is 2.22. The maximum Gasteiger partial charge on any atom is 0.416 e. The summed E-state index contributed by atoms with van der Waals surface area (Å²) in [5.41, 5.74) is -0.787. The second-order valence-corrected chi connectivity index (χ2v) is 4.00. The number of nitrogens with zero attached hydrogens (tertiary/aromatic N) is 3. The second kappa shape index (κ2) is 5.18. The van der Waals surface area contributed by atoms with Gasteiger partial charge in [-0.15, -0.1) is 10.2 Å². The lowest BCUT2D eigenvalue weighted by Gasteiger charge is -2.08. The number of rotatable bonds is 2. The van der Waals surface area contributed by atoms with E-state index in [-0.39, 0.29) is 22.1 Å². The van der Waals surface area contributed by atoms with Crippen LogP contribution in [0.25, 0.3) is 0 Å². The molecule has 1 aromatic carbocycles. The molecule has 0 amide bonds. The molecule has 0 aliphatic heterocycles. The van der Waals surface area contributed by atoms with Crippen LogP contribution in [-0.2, 0) is 6.18 Å². The van der Waals surface area contributed by atoms with Gasteiger partial charge in [-0.3, -0.25) is 0 Å². The highest BCUT2D eigenvalue weighted by atomic mass is 35.5. The zero-order valence-corrected chi connectivity index (χ0v) is 10.5. The van der Waals surface area contributed by atoms with Crippen molar-refractivity contribution in [1.29, 1.82) is 0 Å². The molecule has 0 radical (unpaired) electrons. The normalized spacial score (nSPS) is 11.4. The van der Waals surface area contributed by atoms with Crippen molar-refractivity contribution in [2.24, 2.45) is 0 Å². The van der Waals surface area contributed by atoms with Crippen molar-refractivity contribution in [3.8, 4) is 11.6 Å². The van der Waals surface area contributed by atoms with Gasteiger partial charge in [-0.05, 0) is 35.9 Å². The van der Waals surface area contributed by atoms with Gasteiger partial charge < -0.3 is 4.74 Å². The molecule has 1 heterocycles. The standard InChI is InChI=1S/C10H4Cl2F3N3O/c11-7-8(16-9(12)18-17-7)19-6-3-1-5(2-4-6)10(13,14)15/h1-4H. The van der Waals surface area contributed by atoms with Gasteiger partial charge >= 0.3 is 6.18 Å². The summed E-state index contributed by atoms with van der Waals surface area (Å²) in [7, 11) is 0. The molecular weight excluding hydrogens is 306 g/mol. The maximum atomic E-state index is 12.4. The Bertz CT molecular complexity index is 590. The van der Waals surface area contributed by atoms with E-state index in [1.54, 1.807) is 0 Å². The molecular formula is C10H4Cl2F3N3O. The zero-order valence-electron chi connectivity index (χ0n) is 8.95. The Labute approximate surface area is 115 Å². The molecule has 0 atom stereocenters. The minimum Gasteiger partial charge on any atom is -0.436 e. The molecule has 0 saturated heterocycles. The van der Waals surface area contributed by atoms with E-state index in [4.69, 9.17) is 27.9 Å². The van der Waals surface area contributed by atoms with Gasteiger partial charge in [-0.1, -0.05) is 11.6 Å². The van der Waals surface area contributed by atoms with E-state index in [0.29, 0.717) is 0 Å². The molecule has 100 valence electrons. The fraction of sp³-hybridized carbons (Fsp3) is 0.100. The second-order valence-electron chi connectivity index (χ2n) is 3.30. The van der Waals surface area contributed by atoms with E-state index in [9.17, 15) is 13.2 Å². The van der Waals surface area contributed by atoms with Gasteiger partial charge in [0.2, 0.25) is 10.4 Å². The minimum atomic E-state index is -4.41. The van der Waals surface area contributed by atoms with Crippen LogP contribution in [0, 0.1) is 0 Å². The highest BCUT2D eigenvalue weighted by Crippen LogP contribution is 2.32. The number of aromatic nitrogens is 3. The molecule has 0 fully saturated rings. The zero-order chi connectivity index (χ0) is 14.0. The van der Waals surface area contributed by atoms with E-state index in [2.05, 4.69) is 15.2 Å². The van der Waals surface area contributed by atoms with Gasteiger partial charge in [-0.25, -0.2) is 0 Å². The summed E-state index contributed by atoms with van der Waals surface area (Å²) in [6.07, 6.45) is -4.41. The largest absolute Gasteiger partial charge is 0.436 e. The average molecular weight is 310 g/mol. The first kappa shape index (κ1) is 13.8. The third kappa shape index (κ3) is 3.45. The van der Waals surface area contributed by atoms with Crippen molar-refractivity contribution >= 4 is 23.2 Å². The number of alkyl halides is 3. The van der Waals surface area contributed by atoms with Gasteiger partial charge in [0.15, 0.2) is 0 Å². The third-order valence-electron chi connectivity index (χ3n) is 1.99. The molecule has 0 aliphatic carbocycles. The van der Waals surface area contributed by atoms with Gasteiger partial charge in [0.25, 0.3) is 5.88 Å². The average Bonchev–Trinajstić information content (AvgIpc) is 2.33. The van der Waals surface area contributed by atoms with E-state index >= 15 is 0 Å². The van der Waals surface area contributed by atoms with Crippen LogP contribution in [0.3, 0.4) is 0 Å². The molecule has 0 saturated carbocycles. The molecule has 2 rings (SSSR count). The SMILES string of the molecule is FC(F)(F)c1ccc(Oc2nc(Cl)nnc2Cl)cc1. The minimum absolute atomic E-state index is 0.117. The fourth-order valence-electron chi connectivity index (χ4n) is 1.17. The molecule has 0 spiro atoms. The predicted molar refractivity (Wildman–Crippen MR) is 61.4 cm³/mol. The van der Waals surface area contributed by atoms with Crippen LogP contribution in [-0.4, -0.2) is 15.2 Å². The van der Waals surface area contributed by atoms with Gasteiger partial charge in [-0.2, -0.15) is 18.2 Å². The van der Waals surface area contributed by atoms with E-state index in [1.807, 2.05) is 0 Å². The molecule has 0 bridgehead atoms. The van der Waals surface area contributed by atoms with Crippen LogP contribution < -0.4 is 4.74 Å². The summed E-state index contributed by atoms with van der Waals surface area (Å²) in [5, 5.41) is 6.48. The number of hydrogen-bond acceptors (Lipinski definition) is 4. The Kier molecular flexibility index (Phi) is 3.77. The molecule has 19 heavy (non-hydrogen) atoms. The van der Waals surface area contributed by atoms with Gasteiger partial charge in [0.1, 0.15) is 5.75 Å². The fourth-order valence-corrected chi connectivity index (χ4v) is 1.40.